The van der Waals surface area contributed by atoms with Gasteiger partial charge in [-0.15, -0.1) is 0 Å². The molecule has 63 heavy (non-hydrogen) atoms. The normalized spacial score (nSPS) is 14.2. The first-order chi connectivity index (χ1) is 29.4. The fourth-order valence-electron chi connectivity index (χ4n) is 9.42. The van der Waals surface area contributed by atoms with Crippen molar-refractivity contribution in [2.75, 3.05) is 12.3 Å². The quantitative estimate of drug-likeness (QED) is 0.0299. The van der Waals surface area contributed by atoms with Gasteiger partial charge < -0.3 is 0 Å². The third kappa shape index (κ3) is 22.6. The van der Waals surface area contributed by atoms with Crippen LogP contribution in [0.5, 0.6) is 0 Å². The van der Waals surface area contributed by atoms with Gasteiger partial charge in [0, 0.05) is 0 Å². The van der Waals surface area contributed by atoms with Gasteiger partial charge in [-0.1, -0.05) is 0 Å². The van der Waals surface area contributed by atoms with Crippen LogP contribution in [0, 0.1) is 23.7 Å². The molecule has 0 heterocycles. The van der Waals surface area contributed by atoms with E-state index in [9.17, 15) is 29.4 Å². The molecule has 0 aliphatic heterocycles. The Morgan fingerprint density at radius 2 is 0.619 bits per heavy atom. The predicted octanol–water partition coefficient (Wildman–Crippen LogP) is 14.9. The van der Waals surface area contributed by atoms with Crippen LogP contribution in [-0.2, 0) is 18.3 Å². The molecule has 0 atom stereocenters. The first kappa shape index (κ1) is 58.2. The molecule has 0 aromatic heterocycles. The third-order valence-electron chi connectivity index (χ3n) is 13.7. The molecule has 8 heteroatoms. The average molecular weight is 921 g/mol. The van der Waals surface area contributed by atoms with Crippen molar-refractivity contribution < 1.29 is 29.4 Å². The summed E-state index contributed by atoms with van der Waals surface area (Å²) >= 11 is 0. The van der Waals surface area contributed by atoms with Crippen LogP contribution in [-0.4, -0.2) is 41.7 Å². The summed E-state index contributed by atoms with van der Waals surface area (Å²) in [6.45, 7) is 22.4. The molecule has 2 aromatic rings. The van der Waals surface area contributed by atoms with Gasteiger partial charge in [-0.25, -0.2) is 0 Å². The summed E-state index contributed by atoms with van der Waals surface area (Å²) in [5.74, 6) is 2.80. The number of hydrogen-bond acceptors (Lipinski definition) is 6. The molecule has 6 nitrogen and oxygen atoms in total. The fourth-order valence-corrected chi connectivity index (χ4v) is 13.8. The number of aryl methyl sites for hydroxylation is 2. The van der Waals surface area contributed by atoms with Crippen LogP contribution in [0.4, 0.5) is 0 Å². The summed E-state index contributed by atoms with van der Waals surface area (Å²) in [7, 11) is -10.3. The maximum atomic E-state index is 11.8. The number of rotatable bonds is 36. The van der Waals surface area contributed by atoms with E-state index in [4.69, 9.17) is 0 Å². The van der Waals surface area contributed by atoms with Gasteiger partial charge in [0.25, 0.3) is 0 Å². The van der Waals surface area contributed by atoms with Crippen molar-refractivity contribution >= 4 is 25.2 Å². The average Bonchev–Trinajstić information content (AvgIpc) is 3.18. The van der Waals surface area contributed by atoms with Crippen molar-refractivity contribution in [3.05, 3.63) is 58.7 Å². The van der Waals surface area contributed by atoms with Crippen molar-refractivity contribution in [1.82, 2.24) is 0 Å². The van der Waals surface area contributed by atoms with E-state index < -0.39 is 20.0 Å². The second-order valence-electron chi connectivity index (χ2n) is 22.4. The summed E-state index contributed by atoms with van der Waals surface area (Å²) in [4.78, 5) is 70.8. The van der Waals surface area contributed by atoms with Gasteiger partial charge in [-0.3, -0.25) is 0 Å². The van der Waals surface area contributed by atoms with E-state index in [0.29, 0.717) is 60.0 Å². The van der Waals surface area contributed by atoms with Crippen LogP contribution in [0.3, 0.4) is 0 Å². The molecule has 0 fully saturated rings. The number of unbranched alkanes of at least 4 members (excludes halogenated alkanes) is 16. The van der Waals surface area contributed by atoms with Gasteiger partial charge in [0.2, 0.25) is 0 Å². The Morgan fingerprint density at radius 1 is 0.365 bits per heavy atom. The SMILES string of the molecule is CC(C)CCCCCCCc1cc(C(C)(C)c2ccc(P(O)(O)(O)CCCCCCCC(C)C)c(CCCCCCCC(C)C)c2)ccc1P(O)(O)(O)CCCCCCCC(C)C. The van der Waals surface area contributed by atoms with E-state index in [1.165, 1.54) is 64.2 Å². The van der Waals surface area contributed by atoms with Gasteiger partial charge in [0.15, 0.2) is 0 Å². The van der Waals surface area contributed by atoms with Gasteiger partial charge in [-0.05, 0) is 0 Å². The zero-order chi connectivity index (χ0) is 47.2. The van der Waals surface area contributed by atoms with Crippen LogP contribution in [0.1, 0.15) is 246 Å². The van der Waals surface area contributed by atoms with Gasteiger partial charge in [0.05, 0.1) is 0 Å². The molecule has 0 saturated heterocycles. The Bertz CT molecular complexity index is 1430. The molecule has 0 amide bonds. The summed E-state index contributed by atoms with van der Waals surface area (Å²) < 4.78 is 0. The zero-order valence-electron chi connectivity index (χ0n) is 42.7. The molecule has 0 unspecified atom stereocenters. The molecule has 2 rings (SSSR count). The fraction of sp³-hybridized carbons (Fsp3) is 0.782. The zero-order valence-corrected chi connectivity index (χ0v) is 44.4. The molecule has 0 spiro atoms. The van der Waals surface area contributed by atoms with Crippen LogP contribution in [0.15, 0.2) is 36.4 Å². The second-order valence-corrected chi connectivity index (χ2v) is 28.8. The Labute approximate surface area is 389 Å². The van der Waals surface area contributed by atoms with E-state index in [-0.39, 0.29) is 12.3 Å². The third-order valence-corrected chi connectivity index (χ3v) is 18.9. The molecule has 0 radical (unpaired) electrons. The summed E-state index contributed by atoms with van der Waals surface area (Å²) in [5.41, 5.74) is 3.11. The van der Waals surface area contributed by atoms with Crippen molar-refractivity contribution in [3.63, 3.8) is 0 Å². The molecular formula is C55H102O6P2. The Balaban J connectivity index is 2.45. The van der Waals surface area contributed by atoms with E-state index >= 15 is 0 Å². The van der Waals surface area contributed by atoms with Crippen LogP contribution in [0.2, 0.25) is 0 Å². The van der Waals surface area contributed by atoms with Crippen molar-refractivity contribution in [2.45, 2.75) is 242 Å². The first-order valence-electron chi connectivity index (χ1n) is 26.2. The molecular weight excluding hydrogens is 819 g/mol. The van der Waals surface area contributed by atoms with Gasteiger partial charge in [0.1, 0.15) is 0 Å². The molecule has 0 aliphatic carbocycles. The van der Waals surface area contributed by atoms with E-state index in [1.54, 1.807) is 12.1 Å². The topological polar surface area (TPSA) is 121 Å². The molecule has 0 aliphatic rings. The van der Waals surface area contributed by atoms with Crippen molar-refractivity contribution in [1.29, 1.82) is 0 Å². The Morgan fingerprint density at radius 3 is 0.905 bits per heavy atom. The first-order valence-corrected chi connectivity index (χ1v) is 30.8. The second kappa shape index (κ2) is 27.8. The molecule has 6 N–H and O–H groups in total. The maximum absolute atomic E-state index is 11.8. The van der Waals surface area contributed by atoms with Crippen LogP contribution >= 0.6 is 14.6 Å². The van der Waals surface area contributed by atoms with Crippen LogP contribution in [0.25, 0.3) is 0 Å². The van der Waals surface area contributed by atoms with E-state index in [0.717, 1.165) is 99.3 Å². The monoisotopic (exact) mass is 921 g/mol. The van der Waals surface area contributed by atoms with Crippen LogP contribution < -0.4 is 10.6 Å². The minimum atomic E-state index is -5.15. The van der Waals surface area contributed by atoms with E-state index in [1.807, 2.05) is 12.1 Å². The Hall–Kier alpha value is -0.940. The summed E-state index contributed by atoms with van der Waals surface area (Å²) in [5, 5.41) is 0.616. The summed E-state index contributed by atoms with van der Waals surface area (Å²) in [6, 6.07) is 11.7. The van der Waals surface area contributed by atoms with Gasteiger partial charge >= 0.3 is 391 Å². The molecule has 2 aromatic carbocycles. The van der Waals surface area contributed by atoms with Crippen molar-refractivity contribution in [3.8, 4) is 0 Å². The molecule has 0 bridgehead atoms. The van der Waals surface area contributed by atoms with E-state index in [2.05, 4.69) is 81.4 Å². The molecule has 368 valence electrons. The Kier molecular flexibility index (Phi) is 25.6. The number of hydrogen-bond donors (Lipinski definition) is 6. The summed E-state index contributed by atoms with van der Waals surface area (Å²) in [6.07, 6.45) is 26.8. The number of benzene rings is 2. The minimum absolute atomic E-state index is 0.0170. The van der Waals surface area contributed by atoms with Gasteiger partial charge in [-0.2, -0.15) is 0 Å². The van der Waals surface area contributed by atoms with Crippen molar-refractivity contribution in [2.24, 2.45) is 23.7 Å². The molecule has 0 saturated carbocycles. The predicted molar refractivity (Wildman–Crippen MR) is 279 cm³/mol. The standard InChI is InChI=1S/C55H102O6P2/c1-45(2)31-23-15-11-19-27-35-49-43-51(37-39-53(49)62(56,57,58)41-29-21-13-17-25-33-47(5)6)55(9,10)52-38-40-54(50(44-52)36-28-20-12-16-24-32-46(3)4)63(59,60,61)42-30-22-14-18-26-34-48(7)8/h37-40,43-48,56-61H,11-36,41-42H2,1-10H3.